The van der Waals surface area contributed by atoms with E-state index in [2.05, 4.69) is 62.3 Å². The van der Waals surface area contributed by atoms with E-state index in [4.69, 9.17) is 0 Å². The Bertz CT molecular complexity index is 419. The van der Waals surface area contributed by atoms with Crippen LogP contribution < -0.4 is 5.19 Å². The predicted octanol–water partition coefficient (Wildman–Crippen LogP) is 3.59. The Hall–Kier alpha value is -1.26. The Kier molecular flexibility index (Phi) is 4.58. The number of hydrogen-bond acceptors (Lipinski definition) is 0. The van der Waals surface area contributed by atoms with Gasteiger partial charge in [-0.2, -0.15) is 0 Å². The molecule has 0 unspecified atom stereocenters. The minimum Gasteiger partial charge on any atom is -0.126 e. The molecular weight excluding hydrogens is 208 g/mol. The van der Waals surface area contributed by atoms with Crippen molar-refractivity contribution in [1.29, 1.82) is 0 Å². The van der Waals surface area contributed by atoms with Crippen molar-refractivity contribution in [1.82, 2.24) is 0 Å². The molecule has 0 nitrogen and oxygen atoms in total. The van der Waals surface area contributed by atoms with E-state index in [1.165, 1.54) is 10.8 Å². The van der Waals surface area contributed by atoms with Crippen molar-refractivity contribution in [2.45, 2.75) is 32.9 Å². The molecule has 0 atom stereocenters. The summed E-state index contributed by atoms with van der Waals surface area (Å²) in [5, 5.41) is 1.40. The van der Waals surface area contributed by atoms with Crippen molar-refractivity contribution >= 4 is 19.3 Å². The van der Waals surface area contributed by atoms with Gasteiger partial charge in [-0.25, -0.2) is 0 Å². The van der Waals surface area contributed by atoms with Gasteiger partial charge in [0.15, 0.2) is 8.07 Å². The number of benzene rings is 1. The highest BCUT2D eigenvalue weighted by molar-refractivity contribution is 6.96. The average molecular weight is 228 g/mol. The first-order chi connectivity index (χ1) is 7.61. The van der Waals surface area contributed by atoms with E-state index in [1.807, 2.05) is 6.08 Å². The van der Waals surface area contributed by atoms with Crippen LogP contribution in [-0.2, 0) is 0 Å². The molecule has 0 bridgehead atoms. The van der Waals surface area contributed by atoms with E-state index in [0.717, 1.165) is 12.8 Å². The normalized spacial score (nSPS) is 10.4. The van der Waals surface area contributed by atoms with Crippen LogP contribution in [0.1, 0.15) is 25.3 Å². The molecule has 0 aliphatic carbocycles. The summed E-state index contributed by atoms with van der Waals surface area (Å²) in [5.41, 5.74) is 4.73. The molecule has 0 N–H and O–H groups in total. The molecule has 1 aromatic rings. The molecule has 0 aliphatic heterocycles. The van der Waals surface area contributed by atoms with Gasteiger partial charge in [0, 0.05) is 6.42 Å². The van der Waals surface area contributed by atoms with Crippen LogP contribution in [0.3, 0.4) is 0 Å². The molecule has 0 radical (unpaired) electrons. The van der Waals surface area contributed by atoms with Crippen molar-refractivity contribution < 1.29 is 0 Å². The Morgan fingerprint density at radius 1 is 1.31 bits per heavy atom. The van der Waals surface area contributed by atoms with Gasteiger partial charge in [0.1, 0.15) is 0 Å². The van der Waals surface area contributed by atoms with Crippen molar-refractivity contribution in [3.8, 4) is 11.5 Å². The predicted molar refractivity (Wildman–Crippen MR) is 76.3 cm³/mol. The van der Waals surface area contributed by atoms with E-state index >= 15 is 0 Å². The second kappa shape index (κ2) is 5.72. The van der Waals surface area contributed by atoms with Crippen LogP contribution in [0.2, 0.25) is 13.1 Å². The molecule has 0 spiro atoms. The van der Waals surface area contributed by atoms with Crippen LogP contribution in [0.15, 0.2) is 30.8 Å². The lowest BCUT2D eigenvalue weighted by atomic mass is 10.2. The Morgan fingerprint density at radius 2 is 2.00 bits per heavy atom. The summed E-state index contributed by atoms with van der Waals surface area (Å²) >= 11 is 0. The second-order valence-electron chi connectivity index (χ2n) is 4.47. The Balaban J connectivity index is 3.07. The lowest BCUT2D eigenvalue weighted by molar-refractivity contribution is 0.984. The van der Waals surface area contributed by atoms with Crippen molar-refractivity contribution in [2.75, 3.05) is 0 Å². The molecular formula is C15H20Si. The summed E-state index contributed by atoms with van der Waals surface area (Å²) < 4.78 is 0. The topological polar surface area (TPSA) is 0 Å². The van der Waals surface area contributed by atoms with E-state index in [-0.39, 0.29) is 0 Å². The van der Waals surface area contributed by atoms with Crippen LogP contribution in [-0.4, -0.2) is 8.07 Å². The fourth-order valence-corrected chi connectivity index (χ4v) is 3.84. The number of hydrogen-bond donors (Lipinski definition) is 0. The molecule has 1 heteroatoms. The Morgan fingerprint density at radius 3 is 2.62 bits per heavy atom. The van der Waals surface area contributed by atoms with Gasteiger partial charge in [-0.05, 0) is 17.2 Å². The van der Waals surface area contributed by atoms with E-state index in [0.29, 0.717) is 0 Å². The van der Waals surface area contributed by atoms with E-state index in [9.17, 15) is 0 Å². The highest BCUT2D eigenvalue weighted by Gasteiger charge is 2.22. The SMILES string of the molecule is C=Cc1ccccc1[Si](C)(C)C#CCCC. The quantitative estimate of drug-likeness (QED) is 0.548. The van der Waals surface area contributed by atoms with Gasteiger partial charge in [0.2, 0.25) is 0 Å². The zero-order valence-corrected chi connectivity index (χ0v) is 11.5. The molecule has 0 saturated heterocycles. The second-order valence-corrected chi connectivity index (χ2v) is 8.51. The third-order valence-corrected chi connectivity index (χ3v) is 5.23. The zero-order valence-electron chi connectivity index (χ0n) is 10.5. The van der Waals surface area contributed by atoms with Crippen molar-refractivity contribution in [3.63, 3.8) is 0 Å². The number of rotatable bonds is 3. The highest BCUT2D eigenvalue weighted by atomic mass is 28.3. The van der Waals surface area contributed by atoms with Gasteiger partial charge in [-0.3, -0.25) is 0 Å². The van der Waals surface area contributed by atoms with Gasteiger partial charge in [-0.1, -0.05) is 56.9 Å². The summed E-state index contributed by atoms with van der Waals surface area (Å²) in [4.78, 5) is 0. The van der Waals surface area contributed by atoms with Gasteiger partial charge >= 0.3 is 0 Å². The fourth-order valence-electron chi connectivity index (χ4n) is 1.72. The maximum atomic E-state index is 3.88. The van der Waals surface area contributed by atoms with Crippen molar-refractivity contribution in [3.05, 3.63) is 36.4 Å². The molecule has 84 valence electrons. The molecule has 0 saturated carbocycles. The molecule has 0 aliphatic rings. The van der Waals surface area contributed by atoms with Gasteiger partial charge < -0.3 is 0 Å². The van der Waals surface area contributed by atoms with Crippen LogP contribution in [0, 0.1) is 11.5 Å². The first-order valence-electron chi connectivity index (χ1n) is 5.83. The summed E-state index contributed by atoms with van der Waals surface area (Å²) in [6, 6.07) is 8.48. The highest BCUT2D eigenvalue weighted by Crippen LogP contribution is 2.08. The fraction of sp³-hybridized carbons (Fsp3) is 0.333. The average Bonchev–Trinajstić information content (AvgIpc) is 2.29. The smallest absolute Gasteiger partial charge is 0.126 e. The summed E-state index contributed by atoms with van der Waals surface area (Å²) in [5.74, 6) is 3.30. The molecule has 16 heavy (non-hydrogen) atoms. The summed E-state index contributed by atoms with van der Waals surface area (Å²) in [7, 11) is -1.61. The van der Waals surface area contributed by atoms with Crippen molar-refractivity contribution in [2.24, 2.45) is 0 Å². The monoisotopic (exact) mass is 228 g/mol. The van der Waals surface area contributed by atoms with Crippen LogP contribution >= 0.6 is 0 Å². The van der Waals surface area contributed by atoms with Gasteiger partial charge in [0.25, 0.3) is 0 Å². The van der Waals surface area contributed by atoms with E-state index < -0.39 is 8.07 Å². The van der Waals surface area contributed by atoms with Crippen LogP contribution in [0.4, 0.5) is 0 Å². The standard InChI is InChI=1S/C15H20Si/c1-5-7-10-13-16(3,4)15-12-9-8-11-14(15)6-2/h6,8-9,11-12H,2,5,7H2,1,3-4H3. The molecule has 0 amide bonds. The number of unbranched alkanes of at least 4 members (excludes halogenated alkanes) is 1. The largest absolute Gasteiger partial charge is 0.163 e. The minimum atomic E-state index is -1.61. The lowest BCUT2D eigenvalue weighted by Crippen LogP contribution is -2.41. The molecule has 0 heterocycles. The third-order valence-electron chi connectivity index (χ3n) is 2.63. The first kappa shape index (κ1) is 12.8. The zero-order chi connectivity index (χ0) is 12.0. The lowest BCUT2D eigenvalue weighted by Gasteiger charge is -2.18. The maximum Gasteiger partial charge on any atom is 0.163 e. The summed E-state index contributed by atoms with van der Waals surface area (Å²) in [6.07, 6.45) is 4.08. The summed E-state index contributed by atoms with van der Waals surface area (Å²) in [6.45, 7) is 10.7. The maximum absolute atomic E-state index is 3.88. The van der Waals surface area contributed by atoms with E-state index in [1.54, 1.807) is 0 Å². The van der Waals surface area contributed by atoms with Gasteiger partial charge in [-0.15, -0.1) is 11.5 Å². The first-order valence-corrected chi connectivity index (χ1v) is 8.83. The molecule has 1 aromatic carbocycles. The minimum absolute atomic E-state index is 1.01. The molecule has 1 rings (SSSR count). The Labute approximate surface area is 100 Å². The van der Waals surface area contributed by atoms with Crippen LogP contribution in [0.25, 0.3) is 6.08 Å². The molecule has 0 fully saturated rings. The van der Waals surface area contributed by atoms with Crippen LogP contribution in [0.5, 0.6) is 0 Å². The van der Waals surface area contributed by atoms with Gasteiger partial charge in [0.05, 0.1) is 0 Å². The third kappa shape index (κ3) is 3.11. The molecule has 0 aromatic heterocycles.